The Morgan fingerprint density at radius 3 is 2.79 bits per heavy atom. The van der Waals surface area contributed by atoms with Crippen LogP contribution in [0.15, 0.2) is 12.2 Å². The van der Waals surface area contributed by atoms with E-state index >= 15 is 0 Å². The summed E-state index contributed by atoms with van der Waals surface area (Å²) in [5, 5.41) is 0. The van der Waals surface area contributed by atoms with E-state index in [4.69, 9.17) is 10.5 Å². The maximum atomic E-state index is 10.7. The van der Waals surface area contributed by atoms with E-state index in [-0.39, 0.29) is 5.91 Å². The van der Waals surface area contributed by atoms with Crippen LogP contribution in [-0.2, 0) is 9.53 Å². The van der Waals surface area contributed by atoms with Crippen LogP contribution in [0.3, 0.4) is 0 Å². The third-order valence-electron chi connectivity index (χ3n) is 2.88. The minimum absolute atomic E-state index is 0.385. The zero-order valence-corrected chi connectivity index (χ0v) is 8.90. The van der Waals surface area contributed by atoms with E-state index in [0.29, 0.717) is 18.4 Å². The molecule has 3 heteroatoms. The fourth-order valence-electron chi connectivity index (χ4n) is 1.59. The molecule has 1 amide bonds. The van der Waals surface area contributed by atoms with Crippen molar-refractivity contribution in [2.45, 2.75) is 32.8 Å². The van der Waals surface area contributed by atoms with E-state index < -0.39 is 6.10 Å². The van der Waals surface area contributed by atoms with Gasteiger partial charge in [-0.1, -0.05) is 19.1 Å². The Hall–Kier alpha value is -0.830. The minimum Gasteiger partial charge on any atom is -0.368 e. The molecule has 0 radical (unpaired) electrons. The molecule has 0 aromatic rings. The number of primary amides is 1. The number of hydrogen-bond acceptors (Lipinski definition) is 2. The molecular weight excluding hydrogens is 178 g/mol. The van der Waals surface area contributed by atoms with Crippen molar-refractivity contribution in [2.24, 2.45) is 17.6 Å². The molecule has 80 valence electrons. The average molecular weight is 197 g/mol. The van der Waals surface area contributed by atoms with Gasteiger partial charge < -0.3 is 10.5 Å². The van der Waals surface area contributed by atoms with Crippen LogP contribution in [0.2, 0.25) is 0 Å². The summed E-state index contributed by atoms with van der Waals surface area (Å²) < 4.78 is 5.40. The molecule has 14 heavy (non-hydrogen) atoms. The first-order valence-electron chi connectivity index (χ1n) is 5.17. The zero-order chi connectivity index (χ0) is 10.6. The van der Waals surface area contributed by atoms with Crippen LogP contribution in [-0.4, -0.2) is 18.6 Å². The average Bonchev–Trinajstić information content (AvgIpc) is 2.16. The molecule has 0 aromatic heterocycles. The number of hydrogen-bond donors (Lipinski definition) is 1. The summed E-state index contributed by atoms with van der Waals surface area (Å²) in [6, 6.07) is 0. The van der Waals surface area contributed by atoms with Crippen molar-refractivity contribution in [2.75, 3.05) is 6.61 Å². The largest absolute Gasteiger partial charge is 0.368 e. The Morgan fingerprint density at radius 2 is 2.21 bits per heavy atom. The second-order valence-electron chi connectivity index (χ2n) is 4.06. The van der Waals surface area contributed by atoms with Crippen LogP contribution >= 0.6 is 0 Å². The number of allylic oxidation sites excluding steroid dienone is 2. The predicted molar refractivity (Wildman–Crippen MR) is 55.6 cm³/mol. The van der Waals surface area contributed by atoms with E-state index in [0.717, 1.165) is 12.8 Å². The number of rotatable bonds is 4. The summed E-state index contributed by atoms with van der Waals surface area (Å²) in [4.78, 5) is 10.7. The van der Waals surface area contributed by atoms with E-state index in [1.54, 1.807) is 6.92 Å². The third-order valence-corrected chi connectivity index (χ3v) is 2.88. The van der Waals surface area contributed by atoms with Gasteiger partial charge in [-0.05, 0) is 31.6 Å². The number of carbonyl (C=O) groups excluding carboxylic acids is 1. The van der Waals surface area contributed by atoms with Crippen LogP contribution in [0.25, 0.3) is 0 Å². The molecule has 1 aliphatic rings. The third kappa shape index (κ3) is 3.14. The fourth-order valence-corrected chi connectivity index (χ4v) is 1.59. The quantitative estimate of drug-likeness (QED) is 0.694. The van der Waals surface area contributed by atoms with Gasteiger partial charge in [0.25, 0.3) is 0 Å². The lowest BCUT2D eigenvalue weighted by Crippen LogP contribution is -2.31. The molecule has 0 spiro atoms. The summed E-state index contributed by atoms with van der Waals surface area (Å²) in [5.74, 6) is 0.783. The fraction of sp³-hybridized carbons (Fsp3) is 0.727. The highest BCUT2D eigenvalue weighted by Crippen LogP contribution is 2.25. The number of nitrogens with two attached hydrogens (primary N) is 1. The Kier molecular flexibility index (Phi) is 4.14. The van der Waals surface area contributed by atoms with Gasteiger partial charge in [0.1, 0.15) is 6.10 Å². The zero-order valence-electron chi connectivity index (χ0n) is 8.90. The number of carbonyl (C=O) groups is 1. The van der Waals surface area contributed by atoms with Gasteiger partial charge in [0.2, 0.25) is 5.91 Å². The van der Waals surface area contributed by atoms with Crippen LogP contribution in [0.5, 0.6) is 0 Å². The summed E-state index contributed by atoms with van der Waals surface area (Å²) >= 11 is 0. The Balaban J connectivity index is 2.30. The molecule has 3 unspecified atom stereocenters. The highest BCUT2D eigenvalue weighted by Gasteiger charge is 2.20. The molecule has 3 nitrogen and oxygen atoms in total. The SMILES string of the molecule is CC(OCC1CC=CCC1C)C(N)=O. The van der Waals surface area contributed by atoms with Crippen LogP contribution in [0, 0.1) is 11.8 Å². The normalized spacial score (nSPS) is 28.7. The minimum atomic E-state index is -0.465. The smallest absolute Gasteiger partial charge is 0.246 e. The Morgan fingerprint density at radius 1 is 1.57 bits per heavy atom. The van der Waals surface area contributed by atoms with Crippen LogP contribution in [0.1, 0.15) is 26.7 Å². The Labute approximate surface area is 85.3 Å². The van der Waals surface area contributed by atoms with E-state index in [9.17, 15) is 4.79 Å². The highest BCUT2D eigenvalue weighted by atomic mass is 16.5. The molecular formula is C11H19NO2. The number of amides is 1. The number of ether oxygens (including phenoxy) is 1. The molecule has 0 aromatic carbocycles. The van der Waals surface area contributed by atoms with E-state index in [1.807, 2.05) is 0 Å². The summed E-state index contributed by atoms with van der Waals surface area (Å²) in [6.07, 6.45) is 6.08. The second kappa shape index (κ2) is 5.15. The molecule has 0 saturated heterocycles. The van der Waals surface area contributed by atoms with Crippen LogP contribution in [0.4, 0.5) is 0 Å². The maximum absolute atomic E-state index is 10.7. The molecule has 3 atom stereocenters. The van der Waals surface area contributed by atoms with Crippen LogP contribution < -0.4 is 5.73 Å². The summed E-state index contributed by atoms with van der Waals surface area (Å²) in [7, 11) is 0. The van der Waals surface area contributed by atoms with E-state index in [1.165, 1.54) is 0 Å². The van der Waals surface area contributed by atoms with Crippen molar-refractivity contribution in [3.8, 4) is 0 Å². The van der Waals surface area contributed by atoms with Crippen molar-refractivity contribution >= 4 is 5.91 Å². The first-order chi connectivity index (χ1) is 6.61. The molecule has 0 bridgehead atoms. The van der Waals surface area contributed by atoms with Gasteiger partial charge in [-0.15, -0.1) is 0 Å². The topological polar surface area (TPSA) is 52.3 Å². The van der Waals surface area contributed by atoms with Crippen molar-refractivity contribution in [3.05, 3.63) is 12.2 Å². The Bertz CT molecular complexity index is 225. The van der Waals surface area contributed by atoms with Gasteiger partial charge in [-0.25, -0.2) is 0 Å². The first-order valence-corrected chi connectivity index (χ1v) is 5.17. The first kappa shape index (κ1) is 11.2. The van der Waals surface area contributed by atoms with Crippen molar-refractivity contribution in [1.82, 2.24) is 0 Å². The summed E-state index contributed by atoms with van der Waals surface area (Å²) in [6.45, 7) is 4.55. The lowest BCUT2D eigenvalue weighted by Gasteiger charge is -2.25. The van der Waals surface area contributed by atoms with Crippen molar-refractivity contribution in [1.29, 1.82) is 0 Å². The van der Waals surface area contributed by atoms with Crippen molar-refractivity contribution < 1.29 is 9.53 Å². The molecule has 0 fully saturated rings. The summed E-state index contributed by atoms with van der Waals surface area (Å²) in [5.41, 5.74) is 5.11. The van der Waals surface area contributed by atoms with Gasteiger partial charge in [0, 0.05) is 0 Å². The van der Waals surface area contributed by atoms with Gasteiger partial charge in [0.15, 0.2) is 0 Å². The standard InChI is InChI=1S/C11H19NO2/c1-8-5-3-4-6-10(8)7-14-9(2)11(12)13/h3-4,8-10H,5-7H2,1-2H3,(H2,12,13). The molecule has 0 saturated carbocycles. The van der Waals surface area contributed by atoms with Gasteiger partial charge in [0.05, 0.1) is 6.61 Å². The molecule has 0 aliphatic heterocycles. The van der Waals surface area contributed by atoms with Crippen molar-refractivity contribution in [3.63, 3.8) is 0 Å². The van der Waals surface area contributed by atoms with Gasteiger partial charge >= 0.3 is 0 Å². The monoisotopic (exact) mass is 197 g/mol. The molecule has 0 heterocycles. The molecule has 1 aliphatic carbocycles. The molecule has 1 rings (SSSR count). The second-order valence-corrected chi connectivity index (χ2v) is 4.06. The lowest BCUT2D eigenvalue weighted by atomic mass is 9.85. The molecule has 2 N–H and O–H groups in total. The highest BCUT2D eigenvalue weighted by molar-refractivity contribution is 5.78. The van der Waals surface area contributed by atoms with Gasteiger partial charge in [-0.3, -0.25) is 4.79 Å². The van der Waals surface area contributed by atoms with E-state index in [2.05, 4.69) is 19.1 Å². The van der Waals surface area contributed by atoms with Gasteiger partial charge in [-0.2, -0.15) is 0 Å². The predicted octanol–water partition coefficient (Wildman–Crippen LogP) is 1.48. The maximum Gasteiger partial charge on any atom is 0.246 e. The lowest BCUT2D eigenvalue weighted by molar-refractivity contribution is -0.129.